The van der Waals surface area contributed by atoms with E-state index in [1.807, 2.05) is 6.07 Å². The maximum Gasteiger partial charge on any atom is 0.141 e. The van der Waals surface area contributed by atoms with E-state index in [0.29, 0.717) is 12.0 Å². The number of benzene rings is 1. The fraction of sp³-hybridized carbons (Fsp3) is 0.571. The summed E-state index contributed by atoms with van der Waals surface area (Å²) < 4.78 is 13.1. The molecule has 0 fully saturated rings. The summed E-state index contributed by atoms with van der Waals surface area (Å²) in [6.07, 6.45) is 2.17. The van der Waals surface area contributed by atoms with Gasteiger partial charge in [-0.3, -0.25) is 0 Å². The van der Waals surface area contributed by atoms with Gasteiger partial charge in [0.1, 0.15) is 5.82 Å². The van der Waals surface area contributed by atoms with Crippen LogP contribution in [0.3, 0.4) is 0 Å². The summed E-state index contributed by atoms with van der Waals surface area (Å²) in [5.41, 5.74) is 1.09. The first-order chi connectivity index (χ1) is 8.10. The van der Waals surface area contributed by atoms with Crippen LogP contribution in [0, 0.1) is 5.82 Å². The normalized spacial score (nSPS) is 14.6. The summed E-state index contributed by atoms with van der Waals surface area (Å²) in [5.74, 6) is -0.0122. The molecule has 0 aliphatic heterocycles. The lowest BCUT2D eigenvalue weighted by Gasteiger charge is -2.24. The van der Waals surface area contributed by atoms with Gasteiger partial charge in [0, 0.05) is 6.04 Å². The molecule has 1 aromatic rings. The van der Waals surface area contributed by atoms with Crippen LogP contribution in [0.25, 0.3) is 0 Å². The predicted molar refractivity (Wildman–Crippen MR) is 72.2 cm³/mol. The second-order valence-corrected chi connectivity index (χ2v) is 4.84. The molecular formula is C14H21ClFN. The van der Waals surface area contributed by atoms with Crippen molar-refractivity contribution in [2.75, 3.05) is 6.54 Å². The molecule has 0 bridgehead atoms. The summed E-state index contributed by atoms with van der Waals surface area (Å²) in [5, 5.41) is 3.72. The van der Waals surface area contributed by atoms with Gasteiger partial charge in [0.15, 0.2) is 0 Å². The summed E-state index contributed by atoms with van der Waals surface area (Å²) in [4.78, 5) is 0. The fourth-order valence-electron chi connectivity index (χ4n) is 2.03. The van der Waals surface area contributed by atoms with Gasteiger partial charge >= 0.3 is 0 Å². The number of nitrogens with one attached hydrogen (secondary N) is 1. The van der Waals surface area contributed by atoms with Gasteiger partial charge in [-0.1, -0.05) is 38.4 Å². The van der Waals surface area contributed by atoms with Crippen LogP contribution in [0.1, 0.15) is 45.1 Å². The third kappa shape index (κ3) is 3.97. The molecule has 0 aliphatic rings. The van der Waals surface area contributed by atoms with Crippen LogP contribution in [0.5, 0.6) is 0 Å². The van der Waals surface area contributed by atoms with Crippen molar-refractivity contribution >= 4 is 11.6 Å². The van der Waals surface area contributed by atoms with Crippen LogP contribution in [0.2, 0.25) is 5.02 Å². The third-order valence-electron chi connectivity index (χ3n) is 3.17. The van der Waals surface area contributed by atoms with Gasteiger partial charge in [0.05, 0.1) is 5.02 Å². The molecule has 1 aromatic carbocycles. The zero-order chi connectivity index (χ0) is 12.8. The van der Waals surface area contributed by atoms with Gasteiger partial charge in [-0.15, -0.1) is 0 Å². The van der Waals surface area contributed by atoms with Gasteiger partial charge < -0.3 is 5.32 Å². The topological polar surface area (TPSA) is 12.0 Å². The van der Waals surface area contributed by atoms with E-state index in [1.165, 1.54) is 6.07 Å². The van der Waals surface area contributed by atoms with Gasteiger partial charge in [0.2, 0.25) is 0 Å². The molecule has 0 saturated carbocycles. The monoisotopic (exact) mass is 257 g/mol. The minimum atomic E-state index is -0.350. The van der Waals surface area contributed by atoms with Gasteiger partial charge in [-0.2, -0.15) is 0 Å². The van der Waals surface area contributed by atoms with Crippen molar-refractivity contribution in [2.24, 2.45) is 0 Å². The number of hydrogen-bond acceptors (Lipinski definition) is 1. The molecule has 96 valence electrons. The van der Waals surface area contributed by atoms with Crippen LogP contribution < -0.4 is 5.32 Å². The second kappa shape index (κ2) is 6.97. The highest BCUT2D eigenvalue weighted by molar-refractivity contribution is 6.30. The van der Waals surface area contributed by atoms with Crippen molar-refractivity contribution in [3.63, 3.8) is 0 Å². The summed E-state index contributed by atoms with van der Waals surface area (Å²) >= 11 is 5.81. The highest BCUT2D eigenvalue weighted by atomic mass is 35.5. The van der Waals surface area contributed by atoms with E-state index in [-0.39, 0.29) is 10.8 Å². The van der Waals surface area contributed by atoms with Crippen molar-refractivity contribution in [1.82, 2.24) is 5.32 Å². The third-order valence-corrected chi connectivity index (χ3v) is 3.46. The average Bonchev–Trinajstić information content (AvgIpc) is 2.33. The van der Waals surface area contributed by atoms with E-state index >= 15 is 0 Å². The van der Waals surface area contributed by atoms with E-state index < -0.39 is 0 Å². The lowest BCUT2D eigenvalue weighted by Crippen LogP contribution is -2.33. The molecule has 2 atom stereocenters. The Balaban J connectivity index is 2.78. The Bertz CT molecular complexity index is 354. The van der Waals surface area contributed by atoms with Crippen LogP contribution in [0.15, 0.2) is 18.2 Å². The van der Waals surface area contributed by atoms with Gasteiger partial charge in [0.25, 0.3) is 0 Å². The molecule has 2 unspecified atom stereocenters. The molecule has 0 spiro atoms. The maximum absolute atomic E-state index is 13.1. The first kappa shape index (κ1) is 14.5. The van der Waals surface area contributed by atoms with Crippen molar-refractivity contribution in [3.8, 4) is 0 Å². The fourth-order valence-corrected chi connectivity index (χ4v) is 2.22. The van der Waals surface area contributed by atoms with Gasteiger partial charge in [-0.05, 0) is 43.0 Å². The molecule has 0 radical (unpaired) electrons. The number of hydrogen-bond donors (Lipinski definition) is 1. The van der Waals surface area contributed by atoms with E-state index in [1.54, 1.807) is 6.07 Å². The Morgan fingerprint density at radius 2 is 2.06 bits per heavy atom. The summed E-state index contributed by atoms with van der Waals surface area (Å²) in [7, 11) is 0. The molecule has 17 heavy (non-hydrogen) atoms. The van der Waals surface area contributed by atoms with Crippen molar-refractivity contribution < 1.29 is 4.39 Å². The molecular weight excluding hydrogens is 237 g/mol. The highest BCUT2D eigenvalue weighted by Crippen LogP contribution is 2.25. The first-order valence-electron chi connectivity index (χ1n) is 6.28. The lowest BCUT2D eigenvalue weighted by atomic mass is 9.91. The van der Waals surface area contributed by atoms with Crippen LogP contribution in [-0.2, 0) is 0 Å². The molecule has 0 saturated heterocycles. The molecule has 0 amide bonds. The molecule has 1 rings (SSSR count). The second-order valence-electron chi connectivity index (χ2n) is 4.43. The van der Waals surface area contributed by atoms with Crippen molar-refractivity contribution in [1.29, 1.82) is 0 Å². The smallest absolute Gasteiger partial charge is 0.141 e. The highest BCUT2D eigenvalue weighted by Gasteiger charge is 2.17. The minimum Gasteiger partial charge on any atom is -0.313 e. The van der Waals surface area contributed by atoms with E-state index in [0.717, 1.165) is 24.9 Å². The Labute approximate surface area is 108 Å². The van der Waals surface area contributed by atoms with Crippen LogP contribution in [-0.4, -0.2) is 12.6 Å². The zero-order valence-electron chi connectivity index (χ0n) is 10.8. The standard InChI is InChI=1S/C14H21ClFN/c1-4-8-17-14(5-2)10(3)11-6-7-13(16)12(15)9-11/h6-7,9-10,14,17H,4-5,8H2,1-3H3. The van der Waals surface area contributed by atoms with Gasteiger partial charge in [-0.25, -0.2) is 4.39 Å². The number of halogens is 2. The average molecular weight is 258 g/mol. The zero-order valence-corrected chi connectivity index (χ0v) is 11.5. The van der Waals surface area contributed by atoms with E-state index in [2.05, 4.69) is 26.1 Å². The molecule has 0 aliphatic carbocycles. The van der Waals surface area contributed by atoms with E-state index in [4.69, 9.17) is 11.6 Å². The van der Waals surface area contributed by atoms with Crippen molar-refractivity contribution in [3.05, 3.63) is 34.6 Å². The SMILES string of the molecule is CCCNC(CC)C(C)c1ccc(F)c(Cl)c1. The largest absolute Gasteiger partial charge is 0.313 e. The molecule has 1 nitrogen and oxygen atoms in total. The molecule has 1 N–H and O–H groups in total. The predicted octanol–water partition coefficient (Wildman–Crippen LogP) is 4.36. The summed E-state index contributed by atoms with van der Waals surface area (Å²) in [6.45, 7) is 7.48. The quantitative estimate of drug-likeness (QED) is 0.798. The Morgan fingerprint density at radius 1 is 1.35 bits per heavy atom. The Morgan fingerprint density at radius 3 is 2.59 bits per heavy atom. The molecule has 3 heteroatoms. The van der Waals surface area contributed by atoms with E-state index in [9.17, 15) is 4.39 Å². The molecule has 0 heterocycles. The van der Waals surface area contributed by atoms with Crippen LogP contribution in [0.4, 0.5) is 4.39 Å². The van der Waals surface area contributed by atoms with Crippen LogP contribution >= 0.6 is 11.6 Å². The van der Waals surface area contributed by atoms with Crippen molar-refractivity contribution in [2.45, 2.75) is 45.6 Å². The Hall–Kier alpha value is -0.600. The lowest BCUT2D eigenvalue weighted by molar-refractivity contribution is 0.438. The summed E-state index contributed by atoms with van der Waals surface area (Å²) in [6, 6.07) is 5.41. The Kier molecular flexibility index (Phi) is 5.93. The minimum absolute atomic E-state index is 0.208. The molecule has 0 aromatic heterocycles. The maximum atomic E-state index is 13.1. The first-order valence-corrected chi connectivity index (χ1v) is 6.66. The number of rotatable bonds is 6.